The molecular weight excluding hydrogens is 350 g/mol. The minimum absolute atomic E-state index is 0.0460. The van der Waals surface area contributed by atoms with Gasteiger partial charge in [0.15, 0.2) is 5.82 Å². The number of benzene rings is 1. The van der Waals surface area contributed by atoms with Crippen molar-refractivity contribution in [1.29, 1.82) is 0 Å². The number of anilines is 1. The molecule has 3 N–H and O–H groups in total. The van der Waals surface area contributed by atoms with E-state index in [0.29, 0.717) is 11.6 Å². The van der Waals surface area contributed by atoms with Crippen LogP contribution in [0.3, 0.4) is 0 Å². The molecular formula is C19H20ClN5O. The van der Waals surface area contributed by atoms with Gasteiger partial charge in [0.1, 0.15) is 0 Å². The summed E-state index contributed by atoms with van der Waals surface area (Å²) in [5.74, 6) is 0.890. The molecule has 1 atom stereocenters. The topological polar surface area (TPSA) is 77.1 Å². The number of aliphatic hydroxyl groups is 1. The third-order valence-corrected chi connectivity index (χ3v) is 4.88. The van der Waals surface area contributed by atoms with Crippen LogP contribution in [-0.2, 0) is 0 Å². The van der Waals surface area contributed by atoms with Crippen molar-refractivity contribution in [3.63, 3.8) is 0 Å². The highest BCUT2D eigenvalue weighted by molar-refractivity contribution is 6.30. The third kappa shape index (κ3) is 3.31. The minimum Gasteiger partial charge on any atom is -0.395 e. The summed E-state index contributed by atoms with van der Waals surface area (Å²) in [6.45, 7) is 2.46. The van der Waals surface area contributed by atoms with Gasteiger partial charge < -0.3 is 15.3 Å². The van der Waals surface area contributed by atoms with Crippen molar-refractivity contribution in [2.45, 2.75) is 6.04 Å². The molecule has 0 saturated carbocycles. The Morgan fingerprint density at radius 3 is 2.62 bits per heavy atom. The molecule has 1 aliphatic rings. The lowest BCUT2D eigenvalue weighted by atomic mass is 10.0. The minimum atomic E-state index is 0.0460. The van der Waals surface area contributed by atoms with Crippen LogP contribution >= 0.6 is 11.6 Å². The van der Waals surface area contributed by atoms with Crippen molar-refractivity contribution in [2.75, 3.05) is 31.1 Å². The lowest BCUT2D eigenvalue weighted by molar-refractivity contribution is 0.235. The Kier molecular flexibility index (Phi) is 4.88. The molecule has 3 aromatic rings. The summed E-state index contributed by atoms with van der Waals surface area (Å²) in [5, 5.41) is 21.4. The lowest BCUT2D eigenvalue weighted by Crippen LogP contribution is -2.52. The first-order chi connectivity index (χ1) is 12.8. The summed E-state index contributed by atoms with van der Waals surface area (Å²) in [6.07, 6.45) is 3.57. The van der Waals surface area contributed by atoms with Crippen molar-refractivity contribution in [1.82, 2.24) is 20.5 Å². The van der Waals surface area contributed by atoms with E-state index in [1.54, 1.807) is 12.4 Å². The average molecular weight is 370 g/mol. The van der Waals surface area contributed by atoms with Crippen LogP contribution in [0.15, 0.2) is 48.8 Å². The van der Waals surface area contributed by atoms with Gasteiger partial charge in [-0.2, -0.15) is 5.10 Å². The van der Waals surface area contributed by atoms with Crippen LogP contribution in [0.2, 0.25) is 5.02 Å². The number of aromatic amines is 1. The number of nitrogens with zero attached hydrogens (tertiary/aromatic N) is 3. The van der Waals surface area contributed by atoms with Gasteiger partial charge >= 0.3 is 0 Å². The highest BCUT2D eigenvalue weighted by atomic mass is 35.5. The molecule has 1 saturated heterocycles. The number of pyridine rings is 1. The first-order valence-electron chi connectivity index (χ1n) is 8.60. The van der Waals surface area contributed by atoms with E-state index in [9.17, 15) is 5.11 Å². The van der Waals surface area contributed by atoms with Gasteiger partial charge in [-0.15, -0.1) is 0 Å². The van der Waals surface area contributed by atoms with Gasteiger partial charge in [0.25, 0.3) is 0 Å². The first kappa shape index (κ1) is 17.0. The zero-order valence-corrected chi connectivity index (χ0v) is 14.9. The molecule has 0 amide bonds. The van der Waals surface area contributed by atoms with E-state index < -0.39 is 0 Å². The second-order valence-corrected chi connectivity index (χ2v) is 6.76. The van der Waals surface area contributed by atoms with Crippen LogP contribution in [0, 0.1) is 0 Å². The van der Waals surface area contributed by atoms with E-state index in [1.807, 2.05) is 36.4 Å². The molecule has 2 aromatic heterocycles. The summed E-state index contributed by atoms with van der Waals surface area (Å²) in [4.78, 5) is 6.34. The fourth-order valence-electron chi connectivity index (χ4n) is 3.32. The van der Waals surface area contributed by atoms with Gasteiger partial charge in [0.05, 0.1) is 17.9 Å². The van der Waals surface area contributed by atoms with E-state index in [2.05, 4.69) is 25.4 Å². The predicted octanol–water partition coefficient (Wildman–Crippen LogP) is 2.56. The number of rotatable bonds is 4. The molecule has 26 heavy (non-hydrogen) atoms. The highest BCUT2D eigenvalue weighted by Crippen LogP contribution is 2.38. The molecule has 0 aliphatic carbocycles. The number of nitrogens with one attached hydrogen (secondary N) is 2. The Balaban J connectivity index is 1.81. The Morgan fingerprint density at radius 2 is 1.88 bits per heavy atom. The van der Waals surface area contributed by atoms with Gasteiger partial charge in [-0.3, -0.25) is 10.1 Å². The number of halogens is 1. The standard InChI is InChI=1S/C19H20ClN5O/c20-15-3-1-14(2-4-15)18-17(13-5-7-21-8-6-13)19(24-23-18)25-10-9-22-16(11-25)12-26/h1-8,16,22,26H,9-12H2,(H,23,24). The summed E-state index contributed by atoms with van der Waals surface area (Å²) in [7, 11) is 0. The molecule has 3 heterocycles. The number of hydrogen-bond donors (Lipinski definition) is 3. The van der Waals surface area contributed by atoms with Crippen molar-refractivity contribution in [3.8, 4) is 22.4 Å². The average Bonchev–Trinajstić information content (AvgIpc) is 3.14. The lowest BCUT2D eigenvalue weighted by Gasteiger charge is -2.33. The highest BCUT2D eigenvalue weighted by Gasteiger charge is 2.25. The quantitative estimate of drug-likeness (QED) is 0.659. The molecule has 1 fully saturated rings. The normalized spacial score (nSPS) is 17.5. The van der Waals surface area contributed by atoms with Gasteiger partial charge in [-0.25, -0.2) is 0 Å². The van der Waals surface area contributed by atoms with Crippen LogP contribution in [0.4, 0.5) is 5.82 Å². The Labute approximate surface area is 156 Å². The van der Waals surface area contributed by atoms with Crippen molar-refractivity contribution >= 4 is 17.4 Å². The Bertz CT molecular complexity index is 865. The van der Waals surface area contributed by atoms with E-state index in [4.69, 9.17) is 11.6 Å². The van der Waals surface area contributed by atoms with Crippen molar-refractivity contribution in [2.24, 2.45) is 0 Å². The largest absolute Gasteiger partial charge is 0.395 e. The summed E-state index contributed by atoms with van der Waals surface area (Å²) in [6, 6.07) is 11.7. The van der Waals surface area contributed by atoms with Crippen LogP contribution in [0.1, 0.15) is 0 Å². The van der Waals surface area contributed by atoms with Gasteiger partial charge in [0, 0.05) is 48.7 Å². The smallest absolute Gasteiger partial charge is 0.159 e. The van der Waals surface area contributed by atoms with Crippen molar-refractivity contribution < 1.29 is 5.11 Å². The maximum Gasteiger partial charge on any atom is 0.159 e. The molecule has 4 rings (SSSR count). The zero-order valence-electron chi connectivity index (χ0n) is 14.2. The molecule has 1 aliphatic heterocycles. The van der Waals surface area contributed by atoms with Crippen molar-refractivity contribution in [3.05, 3.63) is 53.8 Å². The number of H-pyrrole nitrogens is 1. The third-order valence-electron chi connectivity index (χ3n) is 4.62. The Morgan fingerprint density at radius 1 is 1.12 bits per heavy atom. The van der Waals surface area contributed by atoms with E-state index in [-0.39, 0.29) is 12.6 Å². The van der Waals surface area contributed by atoms with Crippen LogP contribution in [0.25, 0.3) is 22.4 Å². The number of hydrogen-bond acceptors (Lipinski definition) is 5. The van der Waals surface area contributed by atoms with Crippen LogP contribution in [-0.4, -0.2) is 52.6 Å². The molecule has 134 valence electrons. The fourth-order valence-corrected chi connectivity index (χ4v) is 3.44. The van der Waals surface area contributed by atoms with Gasteiger partial charge in [0.2, 0.25) is 0 Å². The molecule has 0 bridgehead atoms. The monoisotopic (exact) mass is 369 g/mol. The van der Waals surface area contributed by atoms with E-state index >= 15 is 0 Å². The summed E-state index contributed by atoms with van der Waals surface area (Å²) >= 11 is 6.04. The molecule has 0 spiro atoms. The number of piperazine rings is 1. The first-order valence-corrected chi connectivity index (χ1v) is 8.98. The molecule has 1 unspecified atom stereocenters. The van der Waals surface area contributed by atoms with E-state index in [0.717, 1.165) is 41.3 Å². The second-order valence-electron chi connectivity index (χ2n) is 6.32. The Hall–Kier alpha value is -2.41. The fraction of sp³-hybridized carbons (Fsp3) is 0.263. The molecule has 6 nitrogen and oxygen atoms in total. The maximum atomic E-state index is 9.51. The number of aliphatic hydroxyl groups excluding tert-OH is 1. The molecule has 7 heteroatoms. The molecule has 0 radical (unpaired) electrons. The van der Waals surface area contributed by atoms with E-state index in [1.165, 1.54) is 0 Å². The zero-order chi connectivity index (χ0) is 17.9. The van der Waals surface area contributed by atoms with Crippen LogP contribution < -0.4 is 10.2 Å². The predicted molar refractivity (Wildman–Crippen MR) is 103 cm³/mol. The molecule has 1 aromatic carbocycles. The number of aromatic nitrogens is 3. The second kappa shape index (κ2) is 7.45. The van der Waals surface area contributed by atoms with Gasteiger partial charge in [-0.1, -0.05) is 23.7 Å². The SMILES string of the molecule is OCC1CN(c2n[nH]c(-c3ccc(Cl)cc3)c2-c2ccncc2)CCN1. The maximum absolute atomic E-state index is 9.51. The van der Waals surface area contributed by atoms with Gasteiger partial charge in [-0.05, 0) is 29.8 Å². The van der Waals surface area contributed by atoms with Crippen LogP contribution in [0.5, 0.6) is 0 Å². The summed E-state index contributed by atoms with van der Waals surface area (Å²) in [5.41, 5.74) is 4.05. The summed E-state index contributed by atoms with van der Waals surface area (Å²) < 4.78 is 0.